The Labute approximate surface area is 474 Å². The van der Waals surface area contributed by atoms with E-state index >= 15 is 0 Å². The van der Waals surface area contributed by atoms with Crippen molar-refractivity contribution in [1.29, 1.82) is 0 Å². The van der Waals surface area contributed by atoms with Gasteiger partial charge in [-0.2, -0.15) is 0 Å². The monoisotopic (exact) mass is 1130 g/mol. The molecular weight excluding hydrogens is 1060 g/mol. The van der Waals surface area contributed by atoms with E-state index < -0.39 is 47.5 Å². The molecule has 3 aromatic heterocycles. The molecule has 0 bridgehead atoms. The van der Waals surface area contributed by atoms with Crippen LogP contribution in [0.4, 0.5) is 0 Å². The van der Waals surface area contributed by atoms with Gasteiger partial charge in [0.1, 0.15) is 41.3 Å². The Morgan fingerprint density at radius 1 is 0.848 bits per heavy atom. The molecule has 5 N–H and O–H groups in total. The number of thiophene rings is 1. The molecule has 8 rings (SSSR count). The maximum Gasteiger partial charge on any atom is 0.246 e. The molecule has 2 aliphatic rings. The molecule has 2 aliphatic heterocycles. The number of hydrogen-bond acceptors (Lipinski definition) is 15. The van der Waals surface area contributed by atoms with Crippen LogP contribution in [0.3, 0.4) is 0 Å². The molecule has 6 aromatic rings. The average Bonchev–Trinajstić information content (AvgIpc) is 4.20. The molecule has 3 aromatic carbocycles. The third kappa shape index (κ3) is 14.3. The predicted octanol–water partition coefficient (Wildman–Crippen LogP) is 7.87. The van der Waals surface area contributed by atoms with Crippen LogP contribution < -0.4 is 26.0 Å². The lowest BCUT2D eigenvalue weighted by molar-refractivity contribution is -0.144. The first-order valence-electron chi connectivity index (χ1n) is 26.6. The number of aromatic nitrogens is 4. The number of hydrogen-bond donors (Lipinski definition) is 5. The van der Waals surface area contributed by atoms with E-state index in [1.54, 1.807) is 29.7 Å². The highest BCUT2D eigenvalue weighted by molar-refractivity contribution is 7.15. The van der Waals surface area contributed by atoms with Gasteiger partial charge in [-0.3, -0.25) is 28.7 Å². The number of aliphatic imine (C=N–C) groups is 1. The minimum absolute atomic E-state index is 0.0401. The maximum atomic E-state index is 14.2. The van der Waals surface area contributed by atoms with Gasteiger partial charge in [0, 0.05) is 53.6 Å². The van der Waals surface area contributed by atoms with Crippen molar-refractivity contribution in [2.75, 3.05) is 53.2 Å². The number of thiazole rings is 1. The van der Waals surface area contributed by atoms with E-state index in [9.17, 15) is 24.3 Å². The van der Waals surface area contributed by atoms with E-state index in [4.69, 9.17) is 30.8 Å². The second-order valence-electron chi connectivity index (χ2n) is 21.1. The van der Waals surface area contributed by atoms with Crippen LogP contribution in [-0.2, 0) is 28.7 Å². The summed E-state index contributed by atoms with van der Waals surface area (Å²) in [5.41, 5.74) is 8.69. The van der Waals surface area contributed by atoms with Crippen LogP contribution in [-0.4, -0.2) is 130 Å². The van der Waals surface area contributed by atoms with Crippen LogP contribution in [0.15, 0.2) is 83.3 Å². The Balaban J connectivity index is 0.747. The fourth-order valence-corrected chi connectivity index (χ4v) is 11.9. The summed E-state index contributed by atoms with van der Waals surface area (Å²) < 4.78 is 19.3. The smallest absolute Gasteiger partial charge is 0.246 e. The Bertz CT molecular complexity index is 3120. The number of aliphatic hydroxyl groups is 1. The summed E-state index contributed by atoms with van der Waals surface area (Å²) >= 11 is 9.51. The standard InChI is InChI=1S/C58H71ClN10O8S2/c1-33-36(4)79-57-50(33)51(40-15-19-42(59)20-16-40)63-45(54-67-66-37(5)69(54)57)28-48(71)62-34(2)38-17-21-44(22-18-38)77-24-10-23-75-25-26-76-31-49(72)65-53(58(6,7)8)56(74)68-30-43(70)27-47(68)55(73)64-46(29-60-9)39-11-13-41(14-12-39)52-35(3)61-32-78-52/h11-22,32,34,43,45-47,53,60,70H,10,23-31H2,1-9H3,(H,62,71)(H,64,73)(H,65,72)/t34-,43+,45-,46-,47-,53+/m0/s1. The van der Waals surface area contributed by atoms with Gasteiger partial charge in [0.05, 0.1) is 66.2 Å². The van der Waals surface area contributed by atoms with E-state index in [2.05, 4.69) is 50.3 Å². The van der Waals surface area contributed by atoms with Gasteiger partial charge < -0.3 is 45.5 Å². The molecule has 0 radical (unpaired) electrons. The van der Waals surface area contributed by atoms with Crippen molar-refractivity contribution < 1.29 is 38.5 Å². The maximum absolute atomic E-state index is 14.2. The Hall–Kier alpha value is -6.39. The first-order valence-corrected chi connectivity index (χ1v) is 28.7. The van der Waals surface area contributed by atoms with E-state index in [0.717, 1.165) is 60.5 Å². The molecule has 0 aliphatic carbocycles. The van der Waals surface area contributed by atoms with Gasteiger partial charge in [-0.15, -0.1) is 32.9 Å². The van der Waals surface area contributed by atoms with Gasteiger partial charge in [0.25, 0.3) is 0 Å². The number of benzene rings is 3. The minimum atomic E-state index is -0.995. The molecule has 4 amide bonds. The average molecular weight is 1140 g/mol. The number of likely N-dealkylation sites (tertiary alicyclic amines) is 1. The number of carbonyl (C=O) groups excluding carboxylic acids is 4. The summed E-state index contributed by atoms with van der Waals surface area (Å²) in [5, 5.41) is 33.5. The van der Waals surface area contributed by atoms with Crippen molar-refractivity contribution in [2.45, 2.75) is 111 Å². The van der Waals surface area contributed by atoms with E-state index in [0.29, 0.717) is 42.8 Å². The molecule has 420 valence electrons. The number of aliphatic hydroxyl groups excluding tert-OH is 1. The quantitative estimate of drug-likeness (QED) is 0.0387. The van der Waals surface area contributed by atoms with Gasteiger partial charge in [-0.05, 0) is 93.6 Å². The van der Waals surface area contributed by atoms with Gasteiger partial charge in [-0.25, -0.2) is 4.98 Å². The molecule has 1 fully saturated rings. The van der Waals surface area contributed by atoms with Crippen molar-refractivity contribution in [2.24, 2.45) is 10.4 Å². The van der Waals surface area contributed by atoms with Crippen LogP contribution in [0.5, 0.6) is 5.75 Å². The van der Waals surface area contributed by atoms with E-state index in [1.807, 2.05) is 124 Å². The van der Waals surface area contributed by atoms with Crippen LogP contribution >= 0.6 is 34.3 Å². The van der Waals surface area contributed by atoms with Gasteiger partial charge >= 0.3 is 0 Å². The number of amides is 4. The number of nitrogens with one attached hydrogen (secondary N) is 4. The van der Waals surface area contributed by atoms with Crippen LogP contribution in [0.25, 0.3) is 15.4 Å². The molecule has 21 heteroatoms. The summed E-state index contributed by atoms with van der Waals surface area (Å²) in [6.45, 7) is 16.8. The summed E-state index contributed by atoms with van der Waals surface area (Å²) in [6, 6.07) is 19.9. The van der Waals surface area contributed by atoms with Crippen LogP contribution in [0.1, 0.15) is 115 Å². The topological polar surface area (TPSA) is 224 Å². The van der Waals surface area contributed by atoms with Crippen LogP contribution in [0.2, 0.25) is 5.02 Å². The number of fused-ring (bicyclic) bond motifs is 3. The summed E-state index contributed by atoms with van der Waals surface area (Å²) in [5.74, 6) is 0.504. The summed E-state index contributed by atoms with van der Waals surface area (Å²) in [7, 11) is 1.80. The van der Waals surface area contributed by atoms with Crippen molar-refractivity contribution in [3.63, 3.8) is 0 Å². The second kappa shape index (κ2) is 26.3. The number of rotatable bonds is 23. The SMILES string of the molecule is CNC[C@H](NC(=O)[C@@H]1C[C@@H](O)CN1C(=O)[C@@H](NC(=O)COCCOCCCOc1ccc([C@H](C)NC(=O)C[C@@H]2N=C(c3ccc(Cl)cc3)c3c(sc(C)c3C)-n3c(C)nnc32)cc1)C(C)(C)C)c1ccc(-c2scnc2C)cc1. The Morgan fingerprint density at radius 2 is 1.54 bits per heavy atom. The summed E-state index contributed by atoms with van der Waals surface area (Å²) in [4.78, 5) is 68.3. The third-order valence-electron chi connectivity index (χ3n) is 14.1. The molecule has 0 spiro atoms. The zero-order valence-electron chi connectivity index (χ0n) is 46.2. The number of carbonyl (C=O) groups is 4. The number of likely N-dealkylation sites (N-methyl/N-ethyl adjacent to an activating group) is 1. The molecule has 79 heavy (non-hydrogen) atoms. The van der Waals surface area contributed by atoms with Crippen molar-refractivity contribution in [1.82, 2.24) is 45.9 Å². The lowest BCUT2D eigenvalue weighted by Gasteiger charge is -2.35. The number of halogens is 1. The van der Waals surface area contributed by atoms with E-state index in [-0.39, 0.29) is 57.1 Å². The highest BCUT2D eigenvalue weighted by Crippen LogP contribution is 2.40. The normalized spacial score (nSPS) is 17.2. The zero-order valence-corrected chi connectivity index (χ0v) is 48.6. The van der Waals surface area contributed by atoms with Crippen molar-refractivity contribution >= 4 is 63.6 Å². The molecule has 1 saturated heterocycles. The number of β-amino-alcohol motifs (C(OH)–C–C–N with tert-alkyl or cyclic N) is 1. The molecule has 18 nitrogen and oxygen atoms in total. The van der Waals surface area contributed by atoms with Crippen LogP contribution in [0, 0.1) is 33.1 Å². The lowest BCUT2D eigenvalue weighted by Crippen LogP contribution is -2.58. The number of aryl methyl sites for hydroxylation is 3. The van der Waals surface area contributed by atoms with Crippen molar-refractivity contribution in [3.05, 3.63) is 133 Å². The third-order valence-corrected chi connectivity index (χ3v) is 16.6. The fourth-order valence-electron chi connectivity index (χ4n) is 9.77. The molecule has 0 unspecified atom stereocenters. The highest BCUT2D eigenvalue weighted by atomic mass is 35.5. The molecular formula is C58H71ClN10O8S2. The van der Waals surface area contributed by atoms with Gasteiger partial charge in [-0.1, -0.05) is 80.9 Å². The zero-order chi connectivity index (χ0) is 56.5. The summed E-state index contributed by atoms with van der Waals surface area (Å²) in [6.07, 6.45) is -0.161. The first kappa shape index (κ1) is 58.8. The van der Waals surface area contributed by atoms with Crippen molar-refractivity contribution in [3.8, 4) is 21.2 Å². The Kier molecular flexibility index (Phi) is 19.5. The first-order chi connectivity index (χ1) is 37.8. The fraction of sp³-hybridized carbons (Fsp3) is 0.448. The molecule has 0 saturated carbocycles. The van der Waals surface area contributed by atoms with E-state index in [1.165, 1.54) is 9.78 Å². The number of ether oxygens (including phenoxy) is 3. The lowest BCUT2D eigenvalue weighted by atomic mass is 9.85. The van der Waals surface area contributed by atoms with Gasteiger partial charge in [0.15, 0.2) is 5.82 Å². The van der Waals surface area contributed by atoms with Gasteiger partial charge in [0.2, 0.25) is 23.6 Å². The molecule has 5 heterocycles. The largest absolute Gasteiger partial charge is 0.494 e. The molecule has 6 atom stereocenters. The Morgan fingerprint density at radius 3 is 2.23 bits per heavy atom. The number of nitrogens with zero attached hydrogens (tertiary/aromatic N) is 6. The minimum Gasteiger partial charge on any atom is -0.494 e. The highest BCUT2D eigenvalue weighted by Gasteiger charge is 2.45. The second-order valence-corrected chi connectivity index (χ2v) is 23.6. The predicted molar refractivity (Wildman–Crippen MR) is 307 cm³/mol.